The smallest absolute Gasteiger partial charge is 0.191 e. The van der Waals surface area contributed by atoms with E-state index in [0.717, 1.165) is 19.0 Å². The Balaban J connectivity index is 2.09. The topological polar surface area (TPSA) is 45.7 Å². The van der Waals surface area contributed by atoms with Crippen molar-refractivity contribution in [2.24, 2.45) is 10.9 Å². The van der Waals surface area contributed by atoms with E-state index >= 15 is 0 Å². The molecule has 0 aliphatic heterocycles. The largest absolute Gasteiger partial charge is 0.375 e. The van der Waals surface area contributed by atoms with Gasteiger partial charge < -0.3 is 15.4 Å². The maximum absolute atomic E-state index is 5.59. The maximum atomic E-state index is 5.59. The van der Waals surface area contributed by atoms with Crippen molar-refractivity contribution < 1.29 is 4.74 Å². The lowest BCUT2D eigenvalue weighted by Gasteiger charge is -2.13. The molecule has 0 atom stereocenters. The van der Waals surface area contributed by atoms with Crippen molar-refractivity contribution in [2.75, 3.05) is 26.7 Å². The standard InChI is InChI=1S/C15H25N3O/c1-13(2)11-18-15(16-3)17-9-10-19-12-14-7-5-4-6-8-14/h4-8,13H,9-12H2,1-3H3,(H2,16,17,18). The third-order valence-electron chi connectivity index (χ3n) is 2.55. The molecule has 0 aliphatic rings. The molecule has 0 bridgehead atoms. The number of rotatable bonds is 7. The predicted octanol–water partition coefficient (Wildman–Crippen LogP) is 2.02. The van der Waals surface area contributed by atoms with E-state index in [1.54, 1.807) is 7.05 Å². The summed E-state index contributed by atoms with van der Waals surface area (Å²) >= 11 is 0. The fourth-order valence-electron chi connectivity index (χ4n) is 1.53. The summed E-state index contributed by atoms with van der Waals surface area (Å²) in [5.41, 5.74) is 1.20. The van der Waals surface area contributed by atoms with Crippen LogP contribution in [0.2, 0.25) is 0 Å². The Labute approximate surface area is 116 Å². The Bertz CT molecular complexity index is 363. The van der Waals surface area contributed by atoms with Gasteiger partial charge in [-0.15, -0.1) is 0 Å². The summed E-state index contributed by atoms with van der Waals surface area (Å²) in [5, 5.41) is 6.49. The number of nitrogens with zero attached hydrogens (tertiary/aromatic N) is 1. The highest BCUT2D eigenvalue weighted by atomic mass is 16.5. The second-order valence-corrected chi connectivity index (χ2v) is 4.81. The van der Waals surface area contributed by atoms with Gasteiger partial charge in [0.1, 0.15) is 0 Å². The van der Waals surface area contributed by atoms with E-state index < -0.39 is 0 Å². The van der Waals surface area contributed by atoms with E-state index in [2.05, 4.69) is 41.6 Å². The molecule has 0 aliphatic carbocycles. The summed E-state index contributed by atoms with van der Waals surface area (Å²) < 4.78 is 5.59. The molecule has 19 heavy (non-hydrogen) atoms. The SMILES string of the molecule is CN=C(NCCOCc1ccccc1)NCC(C)C. The van der Waals surface area contributed by atoms with Gasteiger partial charge >= 0.3 is 0 Å². The molecule has 0 aromatic heterocycles. The van der Waals surface area contributed by atoms with Crippen LogP contribution in [-0.4, -0.2) is 32.7 Å². The molecule has 0 unspecified atom stereocenters. The highest BCUT2D eigenvalue weighted by Crippen LogP contribution is 1.99. The lowest BCUT2D eigenvalue weighted by molar-refractivity contribution is 0.125. The number of guanidine groups is 1. The Kier molecular flexibility index (Phi) is 7.66. The van der Waals surface area contributed by atoms with Crippen molar-refractivity contribution in [3.05, 3.63) is 35.9 Å². The zero-order valence-electron chi connectivity index (χ0n) is 12.1. The zero-order chi connectivity index (χ0) is 13.9. The molecule has 1 aromatic rings. The average molecular weight is 263 g/mol. The minimum absolute atomic E-state index is 0.605. The molecule has 0 heterocycles. The lowest BCUT2D eigenvalue weighted by Crippen LogP contribution is -2.40. The highest BCUT2D eigenvalue weighted by Gasteiger charge is 1.98. The summed E-state index contributed by atoms with van der Waals surface area (Å²) in [6.45, 7) is 7.33. The van der Waals surface area contributed by atoms with E-state index in [-0.39, 0.29) is 0 Å². The van der Waals surface area contributed by atoms with Gasteiger partial charge in [-0.3, -0.25) is 4.99 Å². The second kappa shape index (κ2) is 9.39. The molecule has 106 valence electrons. The Hall–Kier alpha value is -1.55. The molecule has 0 amide bonds. The fourth-order valence-corrected chi connectivity index (χ4v) is 1.53. The van der Waals surface area contributed by atoms with E-state index in [4.69, 9.17) is 4.74 Å². The van der Waals surface area contributed by atoms with Crippen LogP contribution in [-0.2, 0) is 11.3 Å². The molecule has 1 aromatic carbocycles. The molecule has 2 N–H and O–H groups in total. The molecular formula is C15H25N3O. The second-order valence-electron chi connectivity index (χ2n) is 4.81. The van der Waals surface area contributed by atoms with Gasteiger partial charge in [0.05, 0.1) is 13.2 Å². The van der Waals surface area contributed by atoms with Crippen LogP contribution in [0.1, 0.15) is 19.4 Å². The number of ether oxygens (including phenoxy) is 1. The minimum atomic E-state index is 0.605. The molecule has 4 heteroatoms. The zero-order valence-corrected chi connectivity index (χ0v) is 12.1. The van der Waals surface area contributed by atoms with Crippen LogP contribution >= 0.6 is 0 Å². The molecule has 1 rings (SSSR count). The molecule has 4 nitrogen and oxygen atoms in total. The van der Waals surface area contributed by atoms with Crippen LogP contribution < -0.4 is 10.6 Å². The van der Waals surface area contributed by atoms with Crippen molar-refractivity contribution in [3.63, 3.8) is 0 Å². The van der Waals surface area contributed by atoms with Crippen molar-refractivity contribution in [1.29, 1.82) is 0 Å². The molecule has 0 radical (unpaired) electrons. The van der Waals surface area contributed by atoms with Crippen LogP contribution in [0.4, 0.5) is 0 Å². The van der Waals surface area contributed by atoms with Crippen LogP contribution in [0.5, 0.6) is 0 Å². The average Bonchev–Trinajstić information content (AvgIpc) is 2.42. The quantitative estimate of drug-likeness (QED) is 0.449. The fraction of sp³-hybridized carbons (Fsp3) is 0.533. The van der Waals surface area contributed by atoms with Gasteiger partial charge in [0.2, 0.25) is 0 Å². The third-order valence-corrected chi connectivity index (χ3v) is 2.55. The molecule has 0 fully saturated rings. The summed E-state index contributed by atoms with van der Waals surface area (Å²) in [4.78, 5) is 4.15. The summed E-state index contributed by atoms with van der Waals surface area (Å²) in [6, 6.07) is 10.2. The Morgan fingerprint density at radius 3 is 2.58 bits per heavy atom. The van der Waals surface area contributed by atoms with Crippen molar-refractivity contribution >= 4 is 5.96 Å². The van der Waals surface area contributed by atoms with Crippen LogP contribution in [0.3, 0.4) is 0 Å². The van der Waals surface area contributed by atoms with Gasteiger partial charge in [-0.2, -0.15) is 0 Å². The monoisotopic (exact) mass is 263 g/mol. The number of aliphatic imine (C=N–C) groups is 1. The first kappa shape index (κ1) is 15.5. The van der Waals surface area contributed by atoms with E-state index in [1.165, 1.54) is 5.56 Å². The highest BCUT2D eigenvalue weighted by molar-refractivity contribution is 5.79. The number of hydrogen-bond donors (Lipinski definition) is 2. The molecular weight excluding hydrogens is 238 g/mol. The number of benzene rings is 1. The molecule has 0 spiro atoms. The van der Waals surface area contributed by atoms with E-state index in [9.17, 15) is 0 Å². The van der Waals surface area contributed by atoms with Crippen LogP contribution in [0.25, 0.3) is 0 Å². The van der Waals surface area contributed by atoms with E-state index in [0.29, 0.717) is 19.1 Å². The van der Waals surface area contributed by atoms with Crippen molar-refractivity contribution in [3.8, 4) is 0 Å². The first-order valence-corrected chi connectivity index (χ1v) is 6.78. The number of hydrogen-bond acceptors (Lipinski definition) is 2. The molecule has 0 saturated heterocycles. The summed E-state index contributed by atoms with van der Waals surface area (Å²) in [6.07, 6.45) is 0. The van der Waals surface area contributed by atoms with Crippen molar-refractivity contribution in [1.82, 2.24) is 10.6 Å². The van der Waals surface area contributed by atoms with Gasteiger partial charge in [0.25, 0.3) is 0 Å². The molecule has 0 saturated carbocycles. The van der Waals surface area contributed by atoms with E-state index in [1.807, 2.05) is 18.2 Å². The van der Waals surface area contributed by atoms with Gasteiger partial charge in [0, 0.05) is 20.1 Å². The summed E-state index contributed by atoms with van der Waals surface area (Å²) in [5.74, 6) is 1.44. The van der Waals surface area contributed by atoms with Gasteiger partial charge in [-0.1, -0.05) is 44.2 Å². The van der Waals surface area contributed by atoms with Crippen LogP contribution in [0, 0.1) is 5.92 Å². The predicted molar refractivity (Wildman–Crippen MR) is 80.3 cm³/mol. The normalized spacial score (nSPS) is 11.7. The first-order valence-electron chi connectivity index (χ1n) is 6.78. The van der Waals surface area contributed by atoms with Crippen LogP contribution in [0.15, 0.2) is 35.3 Å². The maximum Gasteiger partial charge on any atom is 0.191 e. The van der Waals surface area contributed by atoms with Crippen molar-refractivity contribution in [2.45, 2.75) is 20.5 Å². The van der Waals surface area contributed by atoms with Gasteiger partial charge in [0.15, 0.2) is 5.96 Å². The third kappa shape index (κ3) is 7.47. The summed E-state index contributed by atoms with van der Waals surface area (Å²) in [7, 11) is 1.78. The Morgan fingerprint density at radius 1 is 1.21 bits per heavy atom. The number of nitrogens with one attached hydrogen (secondary N) is 2. The van der Waals surface area contributed by atoms with Gasteiger partial charge in [-0.05, 0) is 11.5 Å². The van der Waals surface area contributed by atoms with Gasteiger partial charge in [-0.25, -0.2) is 0 Å². The minimum Gasteiger partial charge on any atom is -0.375 e. The lowest BCUT2D eigenvalue weighted by atomic mass is 10.2. The Morgan fingerprint density at radius 2 is 1.95 bits per heavy atom. The first-order chi connectivity index (χ1) is 9.22.